The van der Waals surface area contributed by atoms with Gasteiger partial charge in [-0.15, -0.1) is 11.3 Å². The van der Waals surface area contributed by atoms with Gasteiger partial charge in [-0.2, -0.15) is 9.78 Å². The van der Waals surface area contributed by atoms with E-state index in [4.69, 9.17) is 9.47 Å². The Hall–Kier alpha value is -3.05. The van der Waals surface area contributed by atoms with Gasteiger partial charge in [0.2, 0.25) is 5.91 Å². The van der Waals surface area contributed by atoms with E-state index in [0.29, 0.717) is 5.69 Å². The number of amides is 1. The summed E-state index contributed by atoms with van der Waals surface area (Å²) in [6.45, 7) is 3.72. The van der Waals surface area contributed by atoms with Gasteiger partial charge in [0.25, 0.3) is 5.56 Å². The lowest BCUT2D eigenvalue weighted by Crippen LogP contribution is -2.25. The Morgan fingerprint density at radius 1 is 1.09 bits per heavy atom. The zero-order valence-corrected chi connectivity index (χ0v) is 19.7. The fourth-order valence-corrected chi connectivity index (χ4v) is 4.10. The van der Waals surface area contributed by atoms with Crippen molar-refractivity contribution >= 4 is 60.9 Å². The Balaban J connectivity index is 2.05. The lowest BCUT2D eigenvalue weighted by Gasteiger charge is -2.10. The summed E-state index contributed by atoms with van der Waals surface area (Å²) in [5.41, 5.74) is -0.0959. The van der Waals surface area contributed by atoms with E-state index in [1.165, 1.54) is 0 Å². The smallest absolute Gasteiger partial charge is 0.359 e. The van der Waals surface area contributed by atoms with Gasteiger partial charge >= 0.3 is 11.9 Å². The van der Waals surface area contributed by atoms with Crippen LogP contribution in [0.5, 0.6) is 0 Å². The molecule has 1 aromatic carbocycles. The standard InChI is InChI=1S/C21H20BrN3O6S/c1-3-30-16(27)10-9-15(26)23-19-17-14(11-32-19)18(21(29)31-4-2)24-25(20(17)28)13-7-5-12(22)6-8-13/h5-8,11H,3-4,9-10H2,1-2H3,(H,23,26). The SMILES string of the molecule is CCOC(=O)CCC(=O)Nc1scc2c(C(=O)OCC)nn(-c3ccc(Br)cc3)c(=O)c12. The highest BCUT2D eigenvalue weighted by atomic mass is 79.9. The number of hydrogen-bond donors (Lipinski definition) is 1. The molecule has 2 heterocycles. The van der Waals surface area contributed by atoms with Crippen LogP contribution < -0.4 is 10.9 Å². The number of carbonyl (C=O) groups excluding carboxylic acids is 3. The van der Waals surface area contributed by atoms with E-state index >= 15 is 0 Å². The molecule has 1 amide bonds. The maximum Gasteiger partial charge on any atom is 0.359 e. The first-order valence-corrected chi connectivity index (χ1v) is 11.5. The average molecular weight is 522 g/mol. The third kappa shape index (κ3) is 5.22. The van der Waals surface area contributed by atoms with Gasteiger partial charge in [0.15, 0.2) is 5.69 Å². The van der Waals surface area contributed by atoms with Crippen molar-refractivity contribution in [3.05, 3.63) is 50.2 Å². The number of fused-ring (bicyclic) bond motifs is 1. The predicted molar refractivity (Wildman–Crippen MR) is 123 cm³/mol. The molecule has 0 aliphatic rings. The van der Waals surface area contributed by atoms with Crippen molar-refractivity contribution in [3.63, 3.8) is 0 Å². The molecule has 0 saturated heterocycles. The first-order chi connectivity index (χ1) is 15.3. The molecule has 3 rings (SSSR count). The number of nitrogens with one attached hydrogen (secondary N) is 1. The molecule has 168 valence electrons. The van der Waals surface area contributed by atoms with Gasteiger partial charge in [-0.3, -0.25) is 14.4 Å². The lowest BCUT2D eigenvalue weighted by atomic mass is 10.2. The van der Waals surface area contributed by atoms with Gasteiger partial charge < -0.3 is 14.8 Å². The van der Waals surface area contributed by atoms with Gasteiger partial charge in [0.05, 0.1) is 30.7 Å². The summed E-state index contributed by atoms with van der Waals surface area (Å²) in [6.07, 6.45) is -0.184. The molecule has 1 N–H and O–H groups in total. The number of esters is 2. The van der Waals surface area contributed by atoms with E-state index in [1.807, 2.05) is 0 Å². The number of carbonyl (C=O) groups is 3. The number of ether oxygens (including phenoxy) is 2. The first-order valence-electron chi connectivity index (χ1n) is 9.78. The van der Waals surface area contributed by atoms with E-state index in [9.17, 15) is 19.2 Å². The second kappa shape index (κ2) is 10.5. The topological polar surface area (TPSA) is 117 Å². The predicted octanol–water partition coefficient (Wildman–Crippen LogP) is 3.67. The Morgan fingerprint density at radius 2 is 1.78 bits per heavy atom. The molecule has 0 fully saturated rings. The highest BCUT2D eigenvalue weighted by Gasteiger charge is 2.23. The monoisotopic (exact) mass is 521 g/mol. The average Bonchev–Trinajstić information content (AvgIpc) is 3.18. The lowest BCUT2D eigenvalue weighted by molar-refractivity contribution is -0.144. The van der Waals surface area contributed by atoms with Crippen LogP contribution >= 0.6 is 27.3 Å². The zero-order chi connectivity index (χ0) is 23.3. The van der Waals surface area contributed by atoms with Gasteiger partial charge in [-0.05, 0) is 38.1 Å². The number of aromatic nitrogens is 2. The summed E-state index contributed by atoms with van der Waals surface area (Å²) in [5.74, 6) is -1.61. The number of nitrogens with zero attached hydrogens (tertiary/aromatic N) is 2. The molecule has 0 atom stereocenters. The van der Waals surface area contributed by atoms with Crippen LogP contribution in [-0.4, -0.2) is 40.8 Å². The summed E-state index contributed by atoms with van der Waals surface area (Å²) in [5, 5.41) is 9.16. The van der Waals surface area contributed by atoms with Gasteiger partial charge in [-0.1, -0.05) is 15.9 Å². The summed E-state index contributed by atoms with van der Waals surface area (Å²) >= 11 is 4.43. The molecule has 0 aliphatic heterocycles. The Kier molecular flexibility index (Phi) is 7.75. The molecule has 0 radical (unpaired) electrons. The number of thiophene rings is 1. The minimum atomic E-state index is -0.679. The Morgan fingerprint density at radius 3 is 2.44 bits per heavy atom. The first kappa shape index (κ1) is 23.6. The van der Waals surface area contributed by atoms with Crippen LogP contribution in [0.1, 0.15) is 37.2 Å². The van der Waals surface area contributed by atoms with Crippen molar-refractivity contribution in [2.45, 2.75) is 26.7 Å². The highest BCUT2D eigenvalue weighted by molar-refractivity contribution is 9.10. The molecule has 0 saturated carbocycles. The summed E-state index contributed by atoms with van der Waals surface area (Å²) in [7, 11) is 0. The van der Waals surface area contributed by atoms with Crippen molar-refractivity contribution in [2.75, 3.05) is 18.5 Å². The molecule has 0 unspecified atom stereocenters. The zero-order valence-electron chi connectivity index (χ0n) is 17.3. The number of hydrogen-bond acceptors (Lipinski definition) is 8. The molecule has 0 bridgehead atoms. The molecule has 0 aliphatic carbocycles. The van der Waals surface area contributed by atoms with Crippen LogP contribution in [-0.2, 0) is 19.1 Å². The van der Waals surface area contributed by atoms with Crippen LogP contribution in [0.15, 0.2) is 38.9 Å². The molecule has 9 nitrogen and oxygen atoms in total. The van der Waals surface area contributed by atoms with Crippen molar-refractivity contribution in [2.24, 2.45) is 0 Å². The third-order valence-corrected chi connectivity index (χ3v) is 5.73. The van der Waals surface area contributed by atoms with Crippen LogP contribution in [0.4, 0.5) is 5.00 Å². The number of rotatable bonds is 8. The third-order valence-electron chi connectivity index (χ3n) is 4.31. The van der Waals surface area contributed by atoms with E-state index in [0.717, 1.165) is 20.5 Å². The van der Waals surface area contributed by atoms with E-state index in [1.54, 1.807) is 43.5 Å². The fraction of sp³-hybridized carbons (Fsp3) is 0.286. The molecule has 0 spiro atoms. The van der Waals surface area contributed by atoms with Crippen LogP contribution in [0.25, 0.3) is 16.5 Å². The van der Waals surface area contributed by atoms with E-state index < -0.39 is 23.4 Å². The van der Waals surface area contributed by atoms with Crippen LogP contribution in [0, 0.1) is 0 Å². The maximum atomic E-state index is 13.3. The van der Waals surface area contributed by atoms with Gasteiger partial charge in [-0.25, -0.2) is 4.79 Å². The van der Waals surface area contributed by atoms with Gasteiger partial charge in [0, 0.05) is 21.7 Å². The van der Waals surface area contributed by atoms with Crippen molar-refractivity contribution in [1.29, 1.82) is 0 Å². The van der Waals surface area contributed by atoms with E-state index in [2.05, 4.69) is 26.3 Å². The Bertz CT molecular complexity index is 1220. The summed E-state index contributed by atoms with van der Waals surface area (Å²) < 4.78 is 11.8. The molecular weight excluding hydrogens is 502 g/mol. The van der Waals surface area contributed by atoms with Gasteiger partial charge in [0.1, 0.15) is 5.00 Å². The number of halogens is 1. The van der Waals surface area contributed by atoms with Crippen molar-refractivity contribution in [3.8, 4) is 5.69 Å². The normalized spacial score (nSPS) is 10.7. The van der Waals surface area contributed by atoms with Crippen molar-refractivity contribution < 1.29 is 23.9 Å². The minimum absolute atomic E-state index is 0.0346. The molecule has 11 heteroatoms. The van der Waals surface area contributed by atoms with E-state index in [-0.39, 0.29) is 47.5 Å². The minimum Gasteiger partial charge on any atom is -0.466 e. The second-order valence-electron chi connectivity index (χ2n) is 6.47. The maximum absolute atomic E-state index is 13.3. The fourth-order valence-electron chi connectivity index (χ4n) is 2.89. The molecular formula is C21H20BrN3O6S. The Labute approximate surface area is 195 Å². The van der Waals surface area contributed by atoms with Crippen LogP contribution in [0.3, 0.4) is 0 Å². The number of anilines is 1. The molecule has 32 heavy (non-hydrogen) atoms. The number of benzene rings is 1. The largest absolute Gasteiger partial charge is 0.466 e. The van der Waals surface area contributed by atoms with Crippen LogP contribution in [0.2, 0.25) is 0 Å². The molecule has 2 aromatic heterocycles. The quantitative estimate of drug-likeness (QED) is 0.449. The second-order valence-corrected chi connectivity index (χ2v) is 8.26. The highest BCUT2D eigenvalue weighted by Crippen LogP contribution is 2.31. The summed E-state index contributed by atoms with van der Waals surface area (Å²) in [4.78, 5) is 49.7. The molecule has 3 aromatic rings. The summed E-state index contributed by atoms with van der Waals surface area (Å²) in [6, 6.07) is 6.82. The van der Waals surface area contributed by atoms with Crippen molar-refractivity contribution in [1.82, 2.24) is 9.78 Å².